The van der Waals surface area contributed by atoms with Crippen LogP contribution in [0.2, 0.25) is 0 Å². The first-order valence-electron chi connectivity index (χ1n) is 9.93. The molecule has 1 amide bonds. The number of pyridine rings is 1. The third kappa shape index (κ3) is 4.34. The van der Waals surface area contributed by atoms with Crippen LogP contribution in [0.5, 0.6) is 5.75 Å². The maximum atomic E-state index is 14.4. The van der Waals surface area contributed by atoms with Gasteiger partial charge in [-0.05, 0) is 18.9 Å². The van der Waals surface area contributed by atoms with Crippen LogP contribution in [0, 0.1) is 11.6 Å². The highest BCUT2D eigenvalue weighted by Crippen LogP contribution is 2.36. The second-order valence-corrected chi connectivity index (χ2v) is 8.42. The van der Waals surface area contributed by atoms with E-state index in [1.807, 2.05) is 0 Å². The van der Waals surface area contributed by atoms with Gasteiger partial charge in [0.15, 0.2) is 5.69 Å². The molecule has 4 rings (SSSR count). The molecule has 3 aromatic rings. The van der Waals surface area contributed by atoms with Gasteiger partial charge in [-0.1, -0.05) is 11.3 Å². The first-order valence-corrected chi connectivity index (χ1v) is 10.7. The van der Waals surface area contributed by atoms with Gasteiger partial charge in [-0.2, -0.15) is 0 Å². The zero-order valence-corrected chi connectivity index (χ0v) is 18.1. The summed E-state index contributed by atoms with van der Waals surface area (Å²) in [5.41, 5.74) is 12.8. The molecule has 3 heterocycles. The summed E-state index contributed by atoms with van der Waals surface area (Å²) in [4.78, 5) is 23.2. The number of carbonyl (C=O) groups is 1. The lowest BCUT2D eigenvalue weighted by Crippen LogP contribution is -2.43. The van der Waals surface area contributed by atoms with Crippen molar-refractivity contribution in [3.05, 3.63) is 47.9 Å². The number of amides is 1. The average molecular weight is 461 g/mol. The number of piperidine rings is 1. The van der Waals surface area contributed by atoms with Crippen LogP contribution in [-0.4, -0.2) is 42.1 Å². The minimum absolute atomic E-state index is 0.0350. The Labute approximate surface area is 187 Å². The van der Waals surface area contributed by atoms with Gasteiger partial charge in [-0.25, -0.2) is 13.8 Å². The second-order valence-electron chi connectivity index (χ2n) is 7.39. The molecule has 0 aliphatic carbocycles. The molecule has 0 saturated carbocycles. The van der Waals surface area contributed by atoms with Crippen LogP contribution in [0.25, 0.3) is 10.6 Å². The Morgan fingerprint density at radius 2 is 2.09 bits per heavy atom. The highest BCUT2D eigenvalue weighted by Gasteiger charge is 2.24. The monoisotopic (exact) mass is 460 g/mol. The van der Waals surface area contributed by atoms with Gasteiger partial charge >= 0.3 is 0 Å². The maximum absolute atomic E-state index is 14.4. The number of benzene rings is 1. The van der Waals surface area contributed by atoms with E-state index >= 15 is 0 Å². The van der Waals surface area contributed by atoms with Crippen LogP contribution >= 0.6 is 11.3 Å². The Bertz CT molecular complexity index is 1130. The molecular weight excluding hydrogens is 438 g/mol. The van der Waals surface area contributed by atoms with Crippen LogP contribution in [0.1, 0.15) is 23.3 Å². The zero-order valence-electron chi connectivity index (χ0n) is 17.3. The number of nitrogen functional groups attached to an aromatic ring is 1. The Balaban J connectivity index is 1.61. The molecule has 1 aromatic carbocycles. The first kappa shape index (κ1) is 21.9. The Hall–Kier alpha value is -3.31. The SMILES string of the molecule is COc1cc(F)c(-c2nc(C(=O)Nc3cnccc3N3CCCC(N)C3)c(N)s2)c(F)c1. The molecule has 1 atom stereocenters. The van der Waals surface area contributed by atoms with Gasteiger partial charge in [0.05, 0.1) is 30.2 Å². The number of ether oxygens (including phenoxy) is 1. The van der Waals surface area contributed by atoms with Crippen LogP contribution < -0.4 is 26.4 Å². The van der Waals surface area contributed by atoms with Crippen molar-refractivity contribution < 1.29 is 18.3 Å². The van der Waals surface area contributed by atoms with Crippen molar-refractivity contribution in [2.24, 2.45) is 5.73 Å². The molecule has 168 valence electrons. The number of carbonyl (C=O) groups excluding carboxylic acids is 1. The summed E-state index contributed by atoms with van der Waals surface area (Å²) in [5.74, 6) is -2.29. The predicted octanol–water partition coefficient (Wildman–Crippen LogP) is 3.25. The molecule has 0 spiro atoms. The van der Waals surface area contributed by atoms with Gasteiger partial charge in [-0.3, -0.25) is 9.78 Å². The van der Waals surface area contributed by atoms with Crippen LogP contribution in [0.3, 0.4) is 0 Å². The number of halogens is 2. The lowest BCUT2D eigenvalue weighted by Gasteiger charge is -2.33. The van der Waals surface area contributed by atoms with E-state index in [0.717, 1.165) is 48.5 Å². The number of aromatic nitrogens is 2. The summed E-state index contributed by atoms with van der Waals surface area (Å²) in [5, 5.41) is 2.76. The predicted molar refractivity (Wildman–Crippen MR) is 120 cm³/mol. The van der Waals surface area contributed by atoms with Crippen molar-refractivity contribution in [1.29, 1.82) is 0 Å². The minimum atomic E-state index is -0.862. The Morgan fingerprint density at radius 1 is 1.34 bits per heavy atom. The normalized spacial score (nSPS) is 16.1. The third-order valence-electron chi connectivity index (χ3n) is 5.18. The summed E-state index contributed by atoms with van der Waals surface area (Å²) >= 11 is 0.823. The third-order valence-corrected chi connectivity index (χ3v) is 6.08. The van der Waals surface area contributed by atoms with E-state index in [1.54, 1.807) is 12.3 Å². The van der Waals surface area contributed by atoms with Crippen molar-refractivity contribution in [3.63, 3.8) is 0 Å². The molecule has 8 nitrogen and oxygen atoms in total. The van der Waals surface area contributed by atoms with Crippen LogP contribution in [-0.2, 0) is 0 Å². The summed E-state index contributed by atoms with van der Waals surface area (Å²) in [6, 6.07) is 3.93. The molecule has 0 bridgehead atoms. The van der Waals surface area contributed by atoms with Crippen molar-refractivity contribution in [1.82, 2.24) is 9.97 Å². The van der Waals surface area contributed by atoms with Crippen LogP contribution in [0.4, 0.5) is 25.2 Å². The van der Waals surface area contributed by atoms with Gasteiger partial charge in [0.25, 0.3) is 5.91 Å². The summed E-state index contributed by atoms with van der Waals surface area (Å²) < 4.78 is 33.8. The number of methoxy groups -OCH3 is 1. The molecule has 1 unspecified atom stereocenters. The summed E-state index contributed by atoms with van der Waals surface area (Å²) in [6.07, 6.45) is 5.05. The first-order chi connectivity index (χ1) is 15.4. The number of anilines is 3. The van der Waals surface area contributed by atoms with Gasteiger partial charge in [0, 0.05) is 37.5 Å². The molecule has 32 heavy (non-hydrogen) atoms. The Morgan fingerprint density at radius 3 is 2.78 bits per heavy atom. The molecule has 1 fully saturated rings. The second kappa shape index (κ2) is 9.05. The standard InChI is InChI=1S/C21H22F2N6O2S/c1-31-12-7-13(22)17(14(23)8-12)21-28-18(19(25)32-21)20(30)27-15-9-26-5-4-16(15)29-6-2-3-11(24)10-29/h4-5,7-9,11H,2-3,6,10,24-25H2,1H3,(H,27,30). The van der Waals surface area contributed by atoms with Crippen molar-refractivity contribution in [2.75, 3.05) is 36.1 Å². The van der Waals surface area contributed by atoms with Crippen LogP contribution in [0.15, 0.2) is 30.6 Å². The molecule has 2 aromatic heterocycles. The van der Waals surface area contributed by atoms with E-state index in [-0.39, 0.29) is 33.1 Å². The Kier molecular flexibility index (Phi) is 6.19. The molecular formula is C21H22F2N6O2S. The van der Waals surface area contributed by atoms with Gasteiger partial charge < -0.3 is 26.4 Å². The number of hydrogen-bond donors (Lipinski definition) is 3. The highest BCUT2D eigenvalue weighted by atomic mass is 32.1. The molecule has 0 radical (unpaired) electrons. The smallest absolute Gasteiger partial charge is 0.277 e. The molecule has 5 N–H and O–H groups in total. The van der Waals surface area contributed by atoms with Gasteiger partial charge in [0.2, 0.25) is 0 Å². The number of nitrogens with one attached hydrogen (secondary N) is 1. The number of nitrogens with zero attached hydrogens (tertiary/aromatic N) is 3. The highest BCUT2D eigenvalue weighted by molar-refractivity contribution is 7.19. The topological polar surface area (TPSA) is 119 Å². The van der Waals surface area contributed by atoms with Crippen molar-refractivity contribution >= 4 is 33.6 Å². The number of hydrogen-bond acceptors (Lipinski definition) is 8. The van der Waals surface area contributed by atoms with E-state index in [0.29, 0.717) is 12.2 Å². The fraction of sp³-hybridized carbons (Fsp3) is 0.286. The summed E-state index contributed by atoms with van der Waals surface area (Å²) in [7, 11) is 1.31. The number of rotatable bonds is 5. The molecule has 1 aliphatic heterocycles. The quantitative estimate of drug-likeness (QED) is 0.535. The van der Waals surface area contributed by atoms with E-state index in [4.69, 9.17) is 16.2 Å². The minimum Gasteiger partial charge on any atom is -0.497 e. The fourth-order valence-corrected chi connectivity index (χ4v) is 4.52. The summed E-state index contributed by atoms with van der Waals surface area (Å²) in [6.45, 7) is 1.46. The molecule has 1 saturated heterocycles. The largest absolute Gasteiger partial charge is 0.497 e. The van der Waals surface area contributed by atoms with E-state index in [9.17, 15) is 13.6 Å². The average Bonchev–Trinajstić information content (AvgIpc) is 3.14. The molecule has 11 heteroatoms. The van der Waals surface area contributed by atoms with Crippen molar-refractivity contribution in [3.8, 4) is 16.3 Å². The lowest BCUT2D eigenvalue weighted by atomic mass is 10.1. The van der Waals surface area contributed by atoms with Gasteiger partial charge in [-0.15, -0.1) is 0 Å². The van der Waals surface area contributed by atoms with E-state index in [1.165, 1.54) is 13.3 Å². The van der Waals surface area contributed by atoms with Gasteiger partial charge in [0.1, 0.15) is 27.4 Å². The zero-order chi connectivity index (χ0) is 22.8. The maximum Gasteiger partial charge on any atom is 0.277 e. The lowest BCUT2D eigenvalue weighted by molar-refractivity contribution is 0.102. The molecule has 1 aliphatic rings. The van der Waals surface area contributed by atoms with Crippen molar-refractivity contribution in [2.45, 2.75) is 18.9 Å². The fourth-order valence-electron chi connectivity index (χ4n) is 3.64. The number of nitrogens with two attached hydrogens (primary N) is 2. The van der Waals surface area contributed by atoms with E-state index < -0.39 is 17.5 Å². The van der Waals surface area contributed by atoms with E-state index in [2.05, 4.69) is 20.2 Å². The number of thiazole rings is 1.